The SMILES string of the molecule is CC#N.CC#N.CC#N.ClC(Cl)Cl. The van der Waals surface area contributed by atoms with Gasteiger partial charge in [-0.05, 0) is 0 Å². The quantitative estimate of drug-likeness (QED) is 0.610. The standard InChI is InChI=1S/3C2H3N.CHCl3/c3*1-2-3;2-1(3)4/h3*1H3;1H. The minimum absolute atomic E-state index is 0.750. The van der Waals surface area contributed by atoms with Crippen LogP contribution >= 0.6 is 34.8 Å². The van der Waals surface area contributed by atoms with Crippen LogP contribution in [0.4, 0.5) is 0 Å². The summed E-state index contributed by atoms with van der Waals surface area (Å²) < 4.78 is -0.750. The molecular weight excluding hydrogens is 232 g/mol. The van der Waals surface area contributed by atoms with E-state index in [0.29, 0.717) is 0 Å². The molecule has 0 aromatic rings. The van der Waals surface area contributed by atoms with Crippen LogP contribution in [-0.2, 0) is 0 Å². The van der Waals surface area contributed by atoms with Crippen molar-refractivity contribution >= 4 is 34.8 Å². The van der Waals surface area contributed by atoms with Crippen molar-refractivity contribution in [2.45, 2.75) is 25.1 Å². The van der Waals surface area contributed by atoms with Gasteiger partial charge in [-0.1, -0.05) is 34.8 Å². The Bertz CT molecular complexity index is 142. The van der Waals surface area contributed by atoms with Crippen molar-refractivity contribution in [2.24, 2.45) is 0 Å². The Morgan fingerprint density at radius 1 is 0.769 bits per heavy atom. The Hall–Kier alpha value is -0.660. The molecule has 0 saturated carbocycles. The van der Waals surface area contributed by atoms with Gasteiger partial charge in [0, 0.05) is 20.8 Å². The van der Waals surface area contributed by atoms with Crippen molar-refractivity contribution in [2.75, 3.05) is 0 Å². The summed E-state index contributed by atoms with van der Waals surface area (Å²) in [5.41, 5.74) is 0. The zero-order valence-electron chi connectivity index (χ0n) is 7.55. The monoisotopic (exact) mass is 241 g/mol. The molecule has 0 saturated heterocycles. The number of nitrogens with zero attached hydrogens (tertiary/aromatic N) is 3. The lowest BCUT2D eigenvalue weighted by atomic mass is 11.0. The van der Waals surface area contributed by atoms with Crippen molar-refractivity contribution in [1.29, 1.82) is 15.8 Å². The minimum atomic E-state index is -0.750. The molecule has 0 aromatic heterocycles. The molecule has 0 aliphatic rings. The molecule has 6 heteroatoms. The number of alkyl halides is 3. The van der Waals surface area contributed by atoms with Crippen molar-refractivity contribution in [3.8, 4) is 18.2 Å². The molecule has 0 radical (unpaired) electrons. The first kappa shape index (κ1) is 22.8. The van der Waals surface area contributed by atoms with Gasteiger partial charge in [0.25, 0.3) is 0 Å². The maximum absolute atomic E-state index is 7.32. The van der Waals surface area contributed by atoms with Crippen LogP contribution in [0, 0.1) is 34.0 Å². The van der Waals surface area contributed by atoms with Gasteiger partial charge >= 0.3 is 0 Å². The third-order valence-electron chi connectivity index (χ3n) is 0. The van der Waals surface area contributed by atoms with Crippen molar-refractivity contribution < 1.29 is 0 Å². The van der Waals surface area contributed by atoms with Crippen LogP contribution < -0.4 is 0 Å². The second-order valence-electron chi connectivity index (χ2n) is 0.918. The van der Waals surface area contributed by atoms with Crippen LogP contribution in [0.25, 0.3) is 0 Å². The van der Waals surface area contributed by atoms with Gasteiger partial charge in [-0.2, -0.15) is 15.8 Å². The fraction of sp³-hybridized carbons (Fsp3) is 0.571. The molecule has 0 aromatic carbocycles. The lowest BCUT2D eigenvalue weighted by Gasteiger charge is -1.69. The molecule has 0 fully saturated rings. The molecule has 0 atom stereocenters. The predicted octanol–water partition coefficient (Wildman–Crippen LogP) is 3.58. The third kappa shape index (κ3) is 2270. The van der Waals surface area contributed by atoms with Gasteiger partial charge in [0.05, 0.1) is 18.2 Å². The molecule has 74 valence electrons. The minimum Gasteiger partial charge on any atom is -0.199 e. The first-order valence-electron chi connectivity index (χ1n) is 2.83. The zero-order valence-corrected chi connectivity index (χ0v) is 9.82. The van der Waals surface area contributed by atoms with E-state index in [0.717, 1.165) is 0 Å². The maximum atomic E-state index is 7.32. The second-order valence-corrected chi connectivity index (χ2v) is 2.90. The second kappa shape index (κ2) is 42.5. The van der Waals surface area contributed by atoms with Crippen LogP contribution in [-0.4, -0.2) is 4.30 Å². The molecule has 0 N–H and O–H groups in total. The summed E-state index contributed by atoms with van der Waals surface area (Å²) in [5, 5.41) is 22.0. The molecule has 13 heavy (non-hydrogen) atoms. The number of nitriles is 3. The Balaban J connectivity index is -0.0000000420. The van der Waals surface area contributed by atoms with E-state index in [9.17, 15) is 0 Å². The smallest absolute Gasteiger partial charge is 0.180 e. The van der Waals surface area contributed by atoms with E-state index in [1.165, 1.54) is 20.8 Å². The van der Waals surface area contributed by atoms with Gasteiger partial charge < -0.3 is 0 Å². The van der Waals surface area contributed by atoms with Crippen molar-refractivity contribution in [3.63, 3.8) is 0 Å². The molecule has 0 rings (SSSR count). The van der Waals surface area contributed by atoms with Gasteiger partial charge in [-0.15, -0.1) is 0 Å². The van der Waals surface area contributed by atoms with Gasteiger partial charge in [-0.25, -0.2) is 0 Å². The highest BCUT2D eigenvalue weighted by Crippen LogP contribution is 2.03. The van der Waals surface area contributed by atoms with Crippen LogP contribution in [0.3, 0.4) is 0 Å². The summed E-state index contributed by atoms with van der Waals surface area (Å²) in [6.07, 6.45) is 0. The van der Waals surface area contributed by atoms with E-state index in [-0.39, 0.29) is 0 Å². The first-order chi connectivity index (χ1) is 5.97. The first-order valence-corrected chi connectivity index (χ1v) is 4.13. The molecule has 0 unspecified atom stereocenters. The largest absolute Gasteiger partial charge is 0.199 e. The average molecular weight is 243 g/mol. The molecule has 0 spiro atoms. The predicted molar refractivity (Wildman–Crippen MR) is 55.2 cm³/mol. The van der Waals surface area contributed by atoms with E-state index < -0.39 is 4.30 Å². The van der Waals surface area contributed by atoms with Gasteiger partial charge in [0.1, 0.15) is 0 Å². The summed E-state index contributed by atoms with van der Waals surface area (Å²) in [6.45, 7) is 4.29. The van der Waals surface area contributed by atoms with Crippen molar-refractivity contribution in [3.05, 3.63) is 0 Å². The summed E-state index contributed by atoms with van der Waals surface area (Å²) >= 11 is 14.4. The van der Waals surface area contributed by atoms with Gasteiger partial charge in [0.2, 0.25) is 0 Å². The molecule has 3 nitrogen and oxygen atoms in total. The molecule has 0 aliphatic heterocycles. The van der Waals surface area contributed by atoms with Gasteiger partial charge in [-0.3, -0.25) is 0 Å². The van der Waals surface area contributed by atoms with E-state index in [4.69, 9.17) is 50.6 Å². The molecular formula is C7H10Cl3N3. The molecule has 0 aliphatic carbocycles. The highest BCUT2D eigenvalue weighted by molar-refractivity contribution is 6.63. The molecule has 0 amide bonds. The Kier molecular flexibility index (Phi) is 74.6. The molecule has 0 bridgehead atoms. The van der Waals surface area contributed by atoms with Crippen LogP contribution in [0.1, 0.15) is 20.8 Å². The van der Waals surface area contributed by atoms with Crippen molar-refractivity contribution in [1.82, 2.24) is 0 Å². The third-order valence-corrected chi connectivity index (χ3v) is 0. The Morgan fingerprint density at radius 2 is 0.769 bits per heavy atom. The number of hydrogen-bond acceptors (Lipinski definition) is 3. The van der Waals surface area contributed by atoms with Crippen LogP contribution in [0.5, 0.6) is 0 Å². The summed E-state index contributed by atoms with van der Waals surface area (Å²) in [7, 11) is 0. The fourth-order valence-electron chi connectivity index (χ4n) is 0. The lowest BCUT2D eigenvalue weighted by molar-refractivity contribution is 1.49. The fourth-order valence-corrected chi connectivity index (χ4v) is 0. The van der Waals surface area contributed by atoms with E-state index in [1.54, 1.807) is 18.2 Å². The number of halogens is 3. The number of hydrogen-bond donors (Lipinski definition) is 0. The lowest BCUT2D eigenvalue weighted by Crippen LogP contribution is -1.55. The Morgan fingerprint density at radius 3 is 0.769 bits per heavy atom. The highest BCUT2D eigenvalue weighted by Gasteiger charge is 1.78. The molecule has 0 heterocycles. The summed E-state index contributed by atoms with van der Waals surface area (Å²) in [6, 6.07) is 5.25. The van der Waals surface area contributed by atoms with E-state index in [2.05, 4.69) is 0 Å². The zero-order chi connectivity index (χ0) is 11.7. The summed E-state index contributed by atoms with van der Waals surface area (Å²) in [4.78, 5) is 0. The summed E-state index contributed by atoms with van der Waals surface area (Å²) in [5.74, 6) is 0. The number of rotatable bonds is 0. The van der Waals surface area contributed by atoms with Crippen LogP contribution in [0.2, 0.25) is 0 Å². The van der Waals surface area contributed by atoms with E-state index >= 15 is 0 Å². The van der Waals surface area contributed by atoms with Crippen LogP contribution in [0.15, 0.2) is 0 Å². The maximum Gasteiger partial charge on any atom is 0.180 e. The highest BCUT2D eigenvalue weighted by atomic mass is 35.6. The average Bonchev–Trinajstić information content (AvgIpc) is 1.88. The topological polar surface area (TPSA) is 71.4 Å². The van der Waals surface area contributed by atoms with E-state index in [1.807, 2.05) is 0 Å². The van der Waals surface area contributed by atoms with Gasteiger partial charge in [0.15, 0.2) is 4.30 Å². The Labute approximate surface area is 94.0 Å². The normalized spacial score (nSPS) is 4.62.